The molecule has 1 aromatic rings. The lowest BCUT2D eigenvalue weighted by Gasteiger charge is -2.39. The van der Waals surface area contributed by atoms with Crippen molar-refractivity contribution in [3.05, 3.63) is 29.8 Å². The van der Waals surface area contributed by atoms with Crippen LogP contribution in [0.2, 0.25) is 0 Å². The van der Waals surface area contributed by atoms with E-state index in [4.69, 9.17) is 9.57 Å². The molecule has 0 unspecified atom stereocenters. The van der Waals surface area contributed by atoms with E-state index in [1.54, 1.807) is 7.11 Å². The molecule has 4 heteroatoms. The lowest BCUT2D eigenvalue weighted by atomic mass is 9.72. The van der Waals surface area contributed by atoms with Gasteiger partial charge in [0.05, 0.1) is 12.8 Å². The van der Waals surface area contributed by atoms with Crippen molar-refractivity contribution in [1.29, 1.82) is 0 Å². The molecule has 0 spiro atoms. The van der Waals surface area contributed by atoms with Crippen molar-refractivity contribution >= 4 is 21.6 Å². The van der Waals surface area contributed by atoms with Crippen LogP contribution in [0.5, 0.6) is 5.75 Å². The summed E-state index contributed by atoms with van der Waals surface area (Å²) in [5.41, 5.74) is 2.43. The molecule has 1 aromatic carbocycles. The normalized spacial score (nSPS) is 29.1. The highest BCUT2D eigenvalue weighted by molar-refractivity contribution is 9.09. The van der Waals surface area contributed by atoms with Crippen LogP contribution in [0, 0.1) is 5.92 Å². The minimum atomic E-state index is 0.290. The fourth-order valence-corrected chi connectivity index (χ4v) is 3.89. The molecule has 0 saturated heterocycles. The second kappa shape index (κ2) is 6.17. The molecule has 3 rings (SSSR count). The van der Waals surface area contributed by atoms with Crippen molar-refractivity contribution in [2.75, 3.05) is 12.4 Å². The summed E-state index contributed by atoms with van der Waals surface area (Å²) in [6.07, 6.45) is 5.21. The van der Waals surface area contributed by atoms with Crippen LogP contribution in [-0.4, -0.2) is 24.3 Å². The van der Waals surface area contributed by atoms with Gasteiger partial charge in [-0.3, -0.25) is 0 Å². The molecule has 3 nitrogen and oxygen atoms in total. The van der Waals surface area contributed by atoms with Gasteiger partial charge in [-0.15, -0.1) is 0 Å². The van der Waals surface area contributed by atoms with Crippen LogP contribution < -0.4 is 4.74 Å². The first-order chi connectivity index (χ1) is 9.83. The largest absolute Gasteiger partial charge is 0.497 e. The van der Waals surface area contributed by atoms with Crippen LogP contribution in [0.4, 0.5) is 0 Å². The molecule has 1 heterocycles. The number of hydrogen-bond donors (Lipinski definition) is 0. The molecule has 0 N–H and O–H groups in total. The summed E-state index contributed by atoms with van der Waals surface area (Å²) in [6.45, 7) is 0. The second-order valence-corrected chi connectivity index (χ2v) is 6.12. The Morgan fingerprint density at radius 3 is 2.70 bits per heavy atom. The first-order valence-electron chi connectivity index (χ1n) is 7.26. The second-order valence-electron chi connectivity index (χ2n) is 5.56. The summed E-state index contributed by atoms with van der Waals surface area (Å²) in [5, 5.41) is 5.14. The van der Waals surface area contributed by atoms with Gasteiger partial charge in [-0.2, -0.15) is 0 Å². The van der Waals surface area contributed by atoms with E-state index in [1.165, 1.54) is 24.8 Å². The van der Waals surface area contributed by atoms with Gasteiger partial charge in [0, 0.05) is 17.2 Å². The van der Waals surface area contributed by atoms with Gasteiger partial charge in [-0.05, 0) is 37.0 Å². The summed E-state index contributed by atoms with van der Waals surface area (Å²) in [7, 11) is 1.70. The highest BCUT2D eigenvalue weighted by Crippen LogP contribution is 2.42. The average Bonchev–Trinajstić information content (AvgIpc) is 2.54. The van der Waals surface area contributed by atoms with Gasteiger partial charge in [0.2, 0.25) is 0 Å². The maximum Gasteiger partial charge on any atom is 0.131 e. The Balaban J connectivity index is 1.93. The number of hydrogen-bond acceptors (Lipinski definition) is 3. The Hall–Kier alpha value is -1.03. The molecule has 1 saturated carbocycles. The molecule has 0 amide bonds. The number of nitrogens with zero attached hydrogens (tertiary/aromatic N) is 1. The van der Waals surface area contributed by atoms with Crippen LogP contribution in [0.15, 0.2) is 29.4 Å². The zero-order valence-electron chi connectivity index (χ0n) is 11.7. The quantitative estimate of drug-likeness (QED) is 0.777. The Morgan fingerprint density at radius 2 is 2.00 bits per heavy atom. The van der Waals surface area contributed by atoms with Gasteiger partial charge in [0.25, 0.3) is 0 Å². The highest BCUT2D eigenvalue weighted by atomic mass is 79.9. The van der Waals surface area contributed by atoms with Gasteiger partial charge in [-0.25, -0.2) is 0 Å². The molecule has 2 aliphatic rings. The van der Waals surface area contributed by atoms with E-state index in [0.717, 1.165) is 23.2 Å². The lowest BCUT2D eigenvalue weighted by molar-refractivity contribution is -0.0245. The van der Waals surface area contributed by atoms with Crippen LogP contribution in [0.1, 0.15) is 37.2 Å². The molecule has 1 aliphatic heterocycles. The van der Waals surface area contributed by atoms with Crippen LogP contribution in [0.3, 0.4) is 0 Å². The van der Waals surface area contributed by atoms with E-state index in [2.05, 4.69) is 33.2 Å². The summed E-state index contributed by atoms with van der Waals surface area (Å²) in [6, 6.07) is 8.40. The van der Waals surface area contributed by atoms with Gasteiger partial charge in [0.1, 0.15) is 11.9 Å². The third kappa shape index (κ3) is 2.58. The topological polar surface area (TPSA) is 30.8 Å². The number of rotatable bonds is 3. The fourth-order valence-electron chi connectivity index (χ4n) is 3.44. The van der Waals surface area contributed by atoms with Crippen molar-refractivity contribution < 1.29 is 9.57 Å². The molecular weight excluding hydrogens is 318 g/mol. The van der Waals surface area contributed by atoms with E-state index in [0.29, 0.717) is 17.9 Å². The molecule has 1 fully saturated rings. The number of methoxy groups -OCH3 is 1. The van der Waals surface area contributed by atoms with E-state index < -0.39 is 0 Å². The first kappa shape index (κ1) is 13.9. The number of halogens is 1. The summed E-state index contributed by atoms with van der Waals surface area (Å²) in [5.74, 6) is 1.83. The van der Waals surface area contributed by atoms with Crippen LogP contribution >= 0.6 is 15.9 Å². The number of oxime groups is 1. The first-order valence-corrected chi connectivity index (χ1v) is 8.38. The minimum absolute atomic E-state index is 0.290. The van der Waals surface area contributed by atoms with Crippen molar-refractivity contribution in [3.63, 3.8) is 0 Å². The molecule has 0 bridgehead atoms. The van der Waals surface area contributed by atoms with Gasteiger partial charge in [-0.1, -0.05) is 39.6 Å². The number of fused-ring (bicyclic) bond motifs is 1. The van der Waals surface area contributed by atoms with Crippen molar-refractivity contribution in [3.8, 4) is 5.75 Å². The standard InChI is InChI=1S/C16H20BrNO2/c1-19-12-8-6-11(7-9-12)16-13-4-2-3-5-15(13)20-18-14(16)10-17/h6-9,13,15-16H,2-5,10H2,1H3/t13-,15+,16-/m1/s1. The van der Waals surface area contributed by atoms with E-state index in [1.807, 2.05) is 12.1 Å². The maximum atomic E-state index is 5.72. The zero-order valence-corrected chi connectivity index (χ0v) is 13.3. The highest BCUT2D eigenvalue weighted by Gasteiger charge is 2.39. The predicted molar refractivity (Wildman–Crippen MR) is 83.8 cm³/mol. The molecular formula is C16H20BrNO2. The van der Waals surface area contributed by atoms with Crippen LogP contribution in [0.25, 0.3) is 0 Å². The Labute approximate surface area is 128 Å². The monoisotopic (exact) mass is 337 g/mol. The Bertz CT molecular complexity index is 486. The summed E-state index contributed by atoms with van der Waals surface area (Å²) >= 11 is 3.56. The molecule has 0 aromatic heterocycles. The summed E-state index contributed by atoms with van der Waals surface area (Å²) < 4.78 is 5.25. The Morgan fingerprint density at radius 1 is 1.25 bits per heavy atom. The zero-order chi connectivity index (χ0) is 13.9. The van der Waals surface area contributed by atoms with Crippen LogP contribution in [-0.2, 0) is 4.84 Å². The predicted octanol–water partition coefficient (Wildman–Crippen LogP) is 4.12. The van der Waals surface area contributed by atoms with Gasteiger partial charge >= 0.3 is 0 Å². The lowest BCUT2D eigenvalue weighted by Crippen LogP contribution is -2.39. The number of benzene rings is 1. The molecule has 20 heavy (non-hydrogen) atoms. The third-order valence-corrected chi connectivity index (χ3v) is 5.03. The number of alkyl halides is 1. The van der Waals surface area contributed by atoms with E-state index in [9.17, 15) is 0 Å². The Kier molecular flexibility index (Phi) is 4.29. The molecule has 3 atom stereocenters. The third-order valence-electron chi connectivity index (χ3n) is 4.46. The van der Waals surface area contributed by atoms with E-state index >= 15 is 0 Å². The molecule has 108 valence electrons. The molecule has 1 aliphatic carbocycles. The average molecular weight is 338 g/mol. The molecule has 0 radical (unpaired) electrons. The van der Waals surface area contributed by atoms with Crippen molar-refractivity contribution in [2.24, 2.45) is 11.1 Å². The van der Waals surface area contributed by atoms with E-state index in [-0.39, 0.29) is 0 Å². The van der Waals surface area contributed by atoms with Crippen molar-refractivity contribution in [1.82, 2.24) is 0 Å². The van der Waals surface area contributed by atoms with Gasteiger partial charge in [0.15, 0.2) is 0 Å². The maximum absolute atomic E-state index is 5.72. The van der Waals surface area contributed by atoms with Gasteiger partial charge < -0.3 is 9.57 Å². The van der Waals surface area contributed by atoms with Crippen molar-refractivity contribution in [2.45, 2.75) is 37.7 Å². The fraction of sp³-hybridized carbons (Fsp3) is 0.562. The minimum Gasteiger partial charge on any atom is -0.497 e. The summed E-state index contributed by atoms with van der Waals surface area (Å²) in [4.78, 5) is 5.72. The number of ether oxygens (including phenoxy) is 1. The smallest absolute Gasteiger partial charge is 0.131 e. The SMILES string of the molecule is COc1ccc([C@H]2C(CBr)=NO[C@H]3CCCC[C@H]32)cc1.